The highest BCUT2D eigenvalue weighted by Crippen LogP contribution is 2.27. The second-order valence-corrected chi connectivity index (χ2v) is 5.31. The lowest BCUT2D eigenvalue weighted by Crippen LogP contribution is -2.38. The van der Waals surface area contributed by atoms with Gasteiger partial charge in [0.05, 0.1) is 13.4 Å². The monoisotopic (exact) mass is 253 g/mol. The number of carbonyl (C=O) groups excluding carboxylic acids is 1. The van der Waals surface area contributed by atoms with E-state index in [9.17, 15) is 9.36 Å². The Labute approximate surface area is 95.0 Å². The standard InChI is InChI=1S/C8H20N3O4P/c1-15-8(12)7(4-2-3-5-9)11-6-16(10,13)14/h7,11H,2-6,9H2,1H3,(H3,10,13,14)/t7-/m0/s1. The van der Waals surface area contributed by atoms with Gasteiger partial charge < -0.3 is 15.4 Å². The van der Waals surface area contributed by atoms with Crippen LogP contribution in [0.5, 0.6) is 0 Å². The summed E-state index contributed by atoms with van der Waals surface area (Å²) in [4.78, 5) is 20.2. The number of carbonyl (C=O) groups is 1. The molecule has 7 nitrogen and oxygen atoms in total. The Hall–Kier alpha value is -0.460. The number of ether oxygens (including phenoxy) is 1. The van der Waals surface area contributed by atoms with E-state index in [1.165, 1.54) is 7.11 Å². The Morgan fingerprint density at radius 1 is 1.56 bits per heavy atom. The summed E-state index contributed by atoms with van der Waals surface area (Å²) in [5, 5.41) is 2.62. The van der Waals surface area contributed by atoms with Crippen LogP contribution in [-0.4, -0.2) is 36.8 Å². The number of nitrogens with two attached hydrogens (primary N) is 2. The second kappa shape index (κ2) is 7.76. The van der Waals surface area contributed by atoms with Crippen LogP contribution in [0.2, 0.25) is 0 Å². The maximum Gasteiger partial charge on any atom is 0.322 e. The van der Waals surface area contributed by atoms with Gasteiger partial charge in [-0.3, -0.25) is 20.2 Å². The molecule has 0 saturated heterocycles. The molecule has 0 fully saturated rings. The lowest BCUT2D eigenvalue weighted by Gasteiger charge is -2.16. The number of unbranched alkanes of at least 4 members (excludes halogenated alkanes) is 1. The van der Waals surface area contributed by atoms with E-state index in [1.54, 1.807) is 0 Å². The van der Waals surface area contributed by atoms with Gasteiger partial charge in [0.2, 0.25) is 0 Å². The Morgan fingerprint density at radius 3 is 2.62 bits per heavy atom. The summed E-state index contributed by atoms with van der Waals surface area (Å²) in [5.74, 6) is -0.467. The minimum Gasteiger partial charge on any atom is -0.468 e. The first-order valence-corrected chi connectivity index (χ1v) is 6.93. The van der Waals surface area contributed by atoms with Gasteiger partial charge in [0.1, 0.15) is 6.04 Å². The van der Waals surface area contributed by atoms with E-state index in [1.807, 2.05) is 0 Å². The third-order valence-corrected chi connectivity index (χ3v) is 2.63. The first-order chi connectivity index (χ1) is 7.40. The van der Waals surface area contributed by atoms with Crippen LogP contribution in [0.15, 0.2) is 0 Å². The van der Waals surface area contributed by atoms with E-state index >= 15 is 0 Å². The number of methoxy groups -OCH3 is 1. The summed E-state index contributed by atoms with van der Waals surface area (Å²) in [5.41, 5.74) is 10.3. The van der Waals surface area contributed by atoms with Crippen molar-refractivity contribution in [3.8, 4) is 0 Å². The summed E-state index contributed by atoms with van der Waals surface area (Å²) >= 11 is 0. The van der Waals surface area contributed by atoms with Crippen LogP contribution in [0.3, 0.4) is 0 Å². The van der Waals surface area contributed by atoms with E-state index in [0.29, 0.717) is 13.0 Å². The van der Waals surface area contributed by atoms with E-state index < -0.39 is 19.5 Å². The van der Waals surface area contributed by atoms with Crippen molar-refractivity contribution in [3.63, 3.8) is 0 Å². The van der Waals surface area contributed by atoms with Crippen molar-refractivity contribution >= 4 is 13.5 Å². The molecule has 6 N–H and O–H groups in total. The smallest absolute Gasteiger partial charge is 0.322 e. The van der Waals surface area contributed by atoms with Crippen LogP contribution >= 0.6 is 7.52 Å². The zero-order valence-electron chi connectivity index (χ0n) is 9.39. The van der Waals surface area contributed by atoms with Gasteiger partial charge in [-0.25, -0.2) is 0 Å². The third-order valence-electron chi connectivity index (χ3n) is 2.00. The Bertz CT molecular complexity index is 256. The van der Waals surface area contributed by atoms with Crippen LogP contribution in [-0.2, 0) is 14.1 Å². The van der Waals surface area contributed by atoms with Crippen LogP contribution in [0.1, 0.15) is 19.3 Å². The van der Waals surface area contributed by atoms with Crippen LogP contribution in [0.4, 0.5) is 0 Å². The molecule has 0 heterocycles. The summed E-state index contributed by atoms with van der Waals surface area (Å²) in [7, 11) is -2.39. The molecular formula is C8H20N3O4P. The van der Waals surface area contributed by atoms with Crippen molar-refractivity contribution in [1.29, 1.82) is 0 Å². The molecule has 96 valence electrons. The topological polar surface area (TPSA) is 128 Å². The average molecular weight is 253 g/mol. The molecule has 0 aliphatic carbocycles. The molecule has 1 unspecified atom stereocenters. The maximum atomic E-state index is 11.3. The summed E-state index contributed by atoms with van der Waals surface area (Å²) in [6.45, 7) is 0.545. The first kappa shape index (κ1) is 15.5. The van der Waals surface area contributed by atoms with Crippen LogP contribution in [0.25, 0.3) is 0 Å². The van der Waals surface area contributed by atoms with Crippen molar-refractivity contribution in [2.45, 2.75) is 25.3 Å². The fourth-order valence-corrected chi connectivity index (χ4v) is 1.66. The van der Waals surface area contributed by atoms with Crippen molar-refractivity contribution < 1.29 is 19.0 Å². The van der Waals surface area contributed by atoms with Gasteiger partial charge in [0.25, 0.3) is 7.52 Å². The van der Waals surface area contributed by atoms with Crippen LogP contribution < -0.4 is 16.6 Å². The molecule has 0 aromatic heterocycles. The van der Waals surface area contributed by atoms with E-state index in [0.717, 1.165) is 12.8 Å². The molecule has 0 spiro atoms. The van der Waals surface area contributed by atoms with Gasteiger partial charge in [-0.15, -0.1) is 0 Å². The van der Waals surface area contributed by atoms with E-state index in [-0.39, 0.29) is 6.29 Å². The number of hydrogen-bond donors (Lipinski definition) is 4. The molecule has 0 radical (unpaired) electrons. The normalized spacial score (nSPS) is 16.5. The minimum atomic E-state index is -3.65. The summed E-state index contributed by atoms with van der Waals surface area (Å²) < 4.78 is 15.4. The Morgan fingerprint density at radius 2 is 2.19 bits per heavy atom. The van der Waals surface area contributed by atoms with Gasteiger partial charge in [0, 0.05) is 0 Å². The van der Waals surface area contributed by atoms with Gasteiger partial charge in [-0.2, -0.15) is 0 Å². The highest BCUT2D eigenvalue weighted by Gasteiger charge is 2.21. The average Bonchev–Trinajstić information content (AvgIpc) is 2.20. The van der Waals surface area contributed by atoms with E-state index in [2.05, 4.69) is 10.1 Å². The molecule has 0 aliphatic heterocycles. The zero-order chi connectivity index (χ0) is 12.6. The second-order valence-electron chi connectivity index (χ2n) is 3.48. The molecule has 0 rings (SSSR count). The van der Waals surface area contributed by atoms with Gasteiger partial charge in [-0.1, -0.05) is 6.42 Å². The molecule has 0 bridgehead atoms. The molecule has 0 amide bonds. The molecule has 2 atom stereocenters. The first-order valence-electron chi connectivity index (χ1n) is 5.02. The zero-order valence-corrected chi connectivity index (χ0v) is 10.3. The minimum absolute atomic E-state index is 0.310. The molecule has 8 heteroatoms. The maximum absolute atomic E-state index is 11.3. The quantitative estimate of drug-likeness (QED) is 0.257. The molecule has 16 heavy (non-hydrogen) atoms. The Balaban J connectivity index is 4.11. The fourth-order valence-electron chi connectivity index (χ4n) is 1.18. The highest BCUT2D eigenvalue weighted by atomic mass is 31.2. The summed E-state index contributed by atoms with van der Waals surface area (Å²) in [6.07, 6.45) is 1.72. The third kappa shape index (κ3) is 7.78. The molecular weight excluding hydrogens is 233 g/mol. The highest BCUT2D eigenvalue weighted by molar-refractivity contribution is 7.55. The van der Waals surface area contributed by atoms with Gasteiger partial charge >= 0.3 is 5.97 Å². The molecule has 0 aromatic rings. The number of rotatable bonds is 8. The summed E-state index contributed by atoms with van der Waals surface area (Å²) in [6, 6.07) is -0.611. The van der Waals surface area contributed by atoms with Crippen molar-refractivity contribution in [3.05, 3.63) is 0 Å². The van der Waals surface area contributed by atoms with Crippen molar-refractivity contribution in [2.24, 2.45) is 11.2 Å². The number of nitrogens with one attached hydrogen (secondary N) is 1. The Kier molecular flexibility index (Phi) is 7.53. The largest absolute Gasteiger partial charge is 0.468 e. The predicted molar refractivity (Wildman–Crippen MR) is 60.7 cm³/mol. The van der Waals surface area contributed by atoms with E-state index in [4.69, 9.17) is 16.1 Å². The lowest BCUT2D eigenvalue weighted by atomic mass is 10.1. The molecule has 0 aromatic carbocycles. The SMILES string of the molecule is COC(=O)[C@H](CCCCN)NCP(N)(=O)O. The predicted octanol–water partition coefficient (Wildman–Crippen LogP) is -0.652. The lowest BCUT2D eigenvalue weighted by molar-refractivity contribution is -0.143. The molecule has 0 saturated carbocycles. The van der Waals surface area contributed by atoms with Crippen LogP contribution in [0, 0.1) is 0 Å². The number of esters is 1. The van der Waals surface area contributed by atoms with Gasteiger partial charge in [-0.05, 0) is 19.4 Å². The van der Waals surface area contributed by atoms with Crippen molar-refractivity contribution in [2.75, 3.05) is 19.9 Å². The molecule has 0 aliphatic rings. The fraction of sp³-hybridized carbons (Fsp3) is 0.875. The van der Waals surface area contributed by atoms with Crippen molar-refractivity contribution in [1.82, 2.24) is 5.32 Å². The number of hydrogen-bond acceptors (Lipinski definition) is 5. The van der Waals surface area contributed by atoms with Gasteiger partial charge in [0.15, 0.2) is 0 Å².